The summed E-state index contributed by atoms with van der Waals surface area (Å²) in [5.74, 6) is 0.443. The van der Waals surface area contributed by atoms with Crippen LogP contribution in [-0.2, 0) is 16.0 Å². The number of ether oxygens (including phenoxy) is 1. The zero-order valence-electron chi connectivity index (χ0n) is 11.3. The van der Waals surface area contributed by atoms with Gasteiger partial charge in [-0.05, 0) is 35.4 Å². The highest BCUT2D eigenvalue weighted by molar-refractivity contribution is 8.01. The minimum absolute atomic E-state index is 0.350. The van der Waals surface area contributed by atoms with Crippen molar-refractivity contribution in [2.45, 2.75) is 18.1 Å². The molecule has 20 heavy (non-hydrogen) atoms. The van der Waals surface area contributed by atoms with Crippen LogP contribution in [0, 0.1) is 0 Å². The quantitative estimate of drug-likeness (QED) is 0.589. The zero-order valence-corrected chi connectivity index (χ0v) is 12.9. The number of hydrogen-bond acceptors (Lipinski definition) is 3. The molecule has 0 spiro atoms. The van der Waals surface area contributed by atoms with Crippen LogP contribution in [0.2, 0.25) is 0 Å². The summed E-state index contributed by atoms with van der Waals surface area (Å²) in [4.78, 5) is 11.4. The Hall–Kier alpha value is -1.19. The number of halogens is 1. The topological polar surface area (TPSA) is 26.3 Å². The van der Waals surface area contributed by atoms with Gasteiger partial charge in [0.15, 0.2) is 4.71 Å². The van der Waals surface area contributed by atoms with Crippen LogP contribution >= 0.6 is 23.4 Å². The van der Waals surface area contributed by atoms with Gasteiger partial charge in [0, 0.05) is 0 Å². The maximum Gasteiger partial charge on any atom is 0.334 e. The smallest absolute Gasteiger partial charge is 0.334 e. The summed E-state index contributed by atoms with van der Waals surface area (Å²) in [6.45, 7) is 2.15. The number of esters is 1. The highest BCUT2D eigenvalue weighted by atomic mass is 35.5. The predicted octanol–water partition coefficient (Wildman–Crippen LogP) is 4.24. The molecule has 0 saturated heterocycles. The lowest BCUT2D eigenvalue weighted by atomic mass is 10.0. The second kappa shape index (κ2) is 7.55. The molecule has 0 heterocycles. The first-order valence-electron chi connectivity index (χ1n) is 6.61. The van der Waals surface area contributed by atoms with Gasteiger partial charge in [-0.25, -0.2) is 4.79 Å². The van der Waals surface area contributed by atoms with Crippen molar-refractivity contribution in [3.8, 4) is 0 Å². The number of benzene rings is 2. The normalized spacial score (nSPS) is 12.3. The number of carbonyl (C=O) groups excluding carboxylic acids is 1. The van der Waals surface area contributed by atoms with Crippen LogP contribution in [0.25, 0.3) is 10.8 Å². The Morgan fingerprint density at radius 3 is 2.80 bits per heavy atom. The molecular weight excluding hydrogens is 292 g/mol. The Balaban J connectivity index is 1.95. The number of aryl methyl sites for hydroxylation is 1. The Morgan fingerprint density at radius 1 is 1.25 bits per heavy atom. The average Bonchev–Trinajstić information content (AvgIpc) is 2.47. The molecule has 0 fully saturated rings. The average molecular weight is 309 g/mol. The van der Waals surface area contributed by atoms with Crippen molar-refractivity contribution in [2.75, 3.05) is 12.4 Å². The highest BCUT2D eigenvalue weighted by Gasteiger charge is 2.16. The van der Waals surface area contributed by atoms with Gasteiger partial charge in [0.2, 0.25) is 0 Å². The Morgan fingerprint density at radius 2 is 2.00 bits per heavy atom. The molecule has 1 atom stereocenters. The van der Waals surface area contributed by atoms with Gasteiger partial charge in [-0.2, -0.15) is 0 Å². The van der Waals surface area contributed by atoms with Gasteiger partial charge in [-0.3, -0.25) is 0 Å². The molecule has 0 aliphatic heterocycles. The number of carbonyl (C=O) groups is 1. The summed E-state index contributed by atoms with van der Waals surface area (Å²) in [6, 6.07) is 14.6. The molecule has 4 heteroatoms. The Bertz CT molecular complexity index is 580. The maximum absolute atomic E-state index is 11.4. The van der Waals surface area contributed by atoms with Crippen LogP contribution in [0.5, 0.6) is 0 Å². The molecule has 2 rings (SSSR count). The first-order valence-corrected chi connectivity index (χ1v) is 8.10. The third-order valence-corrected chi connectivity index (χ3v) is 4.47. The van der Waals surface area contributed by atoms with Gasteiger partial charge in [-0.15, -0.1) is 11.8 Å². The molecule has 0 aromatic heterocycles. The molecule has 2 aromatic carbocycles. The number of alkyl halides is 1. The third kappa shape index (κ3) is 3.90. The molecule has 2 aromatic rings. The first-order chi connectivity index (χ1) is 9.72. The van der Waals surface area contributed by atoms with Gasteiger partial charge in [0.05, 0.1) is 6.61 Å². The van der Waals surface area contributed by atoms with Crippen LogP contribution < -0.4 is 0 Å². The van der Waals surface area contributed by atoms with Crippen molar-refractivity contribution in [3.05, 3.63) is 48.0 Å². The summed E-state index contributed by atoms with van der Waals surface area (Å²) in [5.41, 5.74) is 1.28. The molecule has 106 valence electrons. The fourth-order valence-electron chi connectivity index (χ4n) is 2.06. The molecule has 1 unspecified atom stereocenters. The van der Waals surface area contributed by atoms with E-state index in [2.05, 4.69) is 30.3 Å². The van der Waals surface area contributed by atoms with E-state index in [1.54, 1.807) is 6.92 Å². The van der Waals surface area contributed by atoms with E-state index in [-0.39, 0.29) is 5.97 Å². The van der Waals surface area contributed by atoms with E-state index < -0.39 is 4.71 Å². The molecule has 2 nitrogen and oxygen atoms in total. The molecule has 0 N–H and O–H groups in total. The van der Waals surface area contributed by atoms with Gasteiger partial charge in [0.1, 0.15) is 0 Å². The van der Waals surface area contributed by atoms with Gasteiger partial charge < -0.3 is 4.74 Å². The number of thioether (sulfide) groups is 1. The fraction of sp³-hybridized carbons (Fsp3) is 0.312. The van der Waals surface area contributed by atoms with Crippen molar-refractivity contribution in [1.82, 2.24) is 0 Å². The molecule has 0 saturated carbocycles. The second-order valence-corrected chi connectivity index (χ2v) is 6.24. The van der Waals surface area contributed by atoms with Crippen LogP contribution in [0.3, 0.4) is 0 Å². The number of hydrogen-bond donors (Lipinski definition) is 0. The largest absolute Gasteiger partial charge is 0.464 e. The van der Waals surface area contributed by atoms with Crippen molar-refractivity contribution >= 4 is 40.1 Å². The Kier molecular flexibility index (Phi) is 5.74. The van der Waals surface area contributed by atoms with E-state index in [0.29, 0.717) is 6.61 Å². The van der Waals surface area contributed by atoms with Crippen molar-refractivity contribution in [3.63, 3.8) is 0 Å². The van der Waals surface area contributed by atoms with E-state index in [1.807, 2.05) is 12.1 Å². The van der Waals surface area contributed by atoms with Crippen LogP contribution in [0.1, 0.15) is 12.5 Å². The minimum Gasteiger partial charge on any atom is -0.464 e. The summed E-state index contributed by atoms with van der Waals surface area (Å²) < 4.78 is 4.26. The predicted molar refractivity (Wildman–Crippen MR) is 86.4 cm³/mol. The van der Waals surface area contributed by atoms with Crippen LogP contribution in [0.4, 0.5) is 0 Å². The van der Waals surface area contributed by atoms with E-state index >= 15 is 0 Å². The van der Waals surface area contributed by atoms with Crippen molar-refractivity contribution in [2.24, 2.45) is 0 Å². The molecule has 0 aliphatic carbocycles. The van der Waals surface area contributed by atoms with Gasteiger partial charge in [-0.1, -0.05) is 54.1 Å². The maximum atomic E-state index is 11.4. The van der Waals surface area contributed by atoms with Crippen LogP contribution in [-0.4, -0.2) is 23.0 Å². The number of rotatable bonds is 6. The standard InChI is InChI=1S/C16H17ClO2S/c1-2-19-16(18)15(17)20-11-10-13-8-5-7-12-6-3-4-9-14(12)13/h3-9,15H,2,10-11H2,1H3. The summed E-state index contributed by atoms with van der Waals surface area (Å²) in [7, 11) is 0. The van der Waals surface area contributed by atoms with E-state index in [1.165, 1.54) is 28.1 Å². The number of fused-ring (bicyclic) bond motifs is 1. The summed E-state index contributed by atoms with van der Waals surface area (Å²) >= 11 is 7.40. The van der Waals surface area contributed by atoms with E-state index in [9.17, 15) is 4.79 Å². The monoisotopic (exact) mass is 308 g/mol. The van der Waals surface area contributed by atoms with Crippen LogP contribution in [0.15, 0.2) is 42.5 Å². The lowest BCUT2D eigenvalue weighted by Crippen LogP contribution is -2.15. The van der Waals surface area contributed by atoms with E-state index in [4.69, 9.17) is 16.3 Å². The highest BCUT2D eigenvalue weighted by Crippen LogP contribution is 2.22. The van der Waals surface area contributed by atoms with Crippen molar-refractivity contribution in [1.29, 1.82) is 0 Å². The second-order valence-electron chi connectivity index (χ2n) is 4.33. The Labute approximate surface area is 128 Å². The van der Waals surface area contributed by atoms with Crippen molar-refractivity contribution < 1.29 is 9.53 Å². The lowest BCUT2D eigenvalue weighted by Gasteiger charge is -2.09. The lowest BCUT2D eigenvalue weighted by molar-refractivity contribution is -0.140. The van der Waals surface area contributed by atoms with E-state index in [0.717, 1.165) is 12.2 Å². The molecule has 0 bridgehead atoms. The fourth-order valence-corrected chi connectivity index (χ4v) is 3.14. The molecule has 0 radical (unpaired) electrons. The summed E-state index contributed by atoms with van der Waals surface area (Å²) in [6.07, 6.45) is 0.884. The van der Waals surface area contributed by atoms with Gasteiger partial charge >= 0.3 is 5.97 Å². The third-order valence-electron chi connectivity index (χ3n) is 2.99. The molecule has 0 aliphatic rings. The minimum atomic E-state index is -0.620. The van der Waals surface area contributed by atoms with Gasteiger partial charge in [0.25, 0.3) is 0 Å². The molecular formula is C16H17ClO2S. The summed E-state index contributed by atoms with van der Waals surface area (Å²) in [5, 5.41) is 2.50. The zero-order chi connectivity index (χ0) is 14.4. The SMILES string of the molecule is CCOC(=O)C(Cl)SCCc1cccc2ccccc12. The first kappa shape index (κ1) is 15.2. The molecule has 0 amide bonds.